The van der Waals surface area contributed by atoms with E-state index in [1.807, 2.05) is 4.90 Å². The maximum Gasteiger partial charge on any atom is 0.394 e. The third-order valence-electron chi connectivity index (χ3n) is 5.91. The lowest BCUT2D eigenvalue weighted by Crippen LogP contribution is -2.33. The molecular formula is C21H24F2N6O6S. The van der Waals surface area contributed by atoms with Gasteiger partial charge in [-0.25, -0.2) is 23.1 Å². The molecule has 0 radical (unpaired) electrons. The number of benzene rings is 1. The Morgan fingerprint density at radius 2 is 1.89 bits per heavy atom. The first kappa shape index (κ1) is 25.7. The molecule has 0 aliphatic carbocycles. The molecule has 36 heavy (non-hydrogen) atoms. The van der Waals surface area contributed by atoms with Gasteiger partial charge in [0.25, 0.3) is 0 Å². The van der Waals surface area contributed by atoms with Crippen molar-refractivity contribution in [3.8, 4) is 0 Å². The molecule has 1 aromatic carbocycles. The quantitative estimate of drug-likeness (QED) is 0.375. The Labute approximate surface area is 204 Å². The van der Waals surface area contributed by atoms with Crippen LogP contribution < -0.4 is 10.2 Å². The van der Waals surface area contributed by atoms with E-state index in [0.29, 0.717) is 55.2 Å². The van der Waals surface area contributed by atoms with E-state index in [2.05, 4.69) is 15.4 Å². The lowest BCUT2D eigenvalue weighted by Gasteiger charge is -2.26. The van der Waals surface area contributed by atoms with Crippen molar-refractivity contribution in [2.24, 2.45) is 0 Å². The fourth-order valence-corrected chi connectivity index (χ4v) is 4.36. The largest absolute Gasteiger partial charge is 0.394 e. The average molecular weight is 527 g/mol. The number of fused-ring (bicyclic) bond motifs is 1. The molecular weight excluding hydrogens is 502 g/mol. The summed E-state index contributed by atoms with van der Waals surface area (Å²) in [5.41, 5.74) is 1.21. The van der Waals surface area contributed by atoms with Gasteiger partial charge in [-0.05, 0) is 43.5 Å². The van der Waals surface area contributed by atoms with Crippen molar-refractivity contribution in [3.63, 3.8) is 0 Å². The zero-order valence-corrected chi connectivity index (χ0v) is 19.6. The number of likely N-dealkylation sites (tertiary alicyclic amines) is 1. The molecule has 4 heterocycles. The standard InChI is InChI=1S/C21H22F2N6O2.H2O4S/c22-13-3-4-16(23)15(10-13)18-2-1-7-28(18)19-6-9-29-20(26-19)17(11-24-29)25-21(31)27-8-5-14(30)12-27;1-5(2,3)4/h3-4,6,9-11,14,18,30H,1-2,5,7-8,12H2,(H,25,31);(H2,1,2,3,4)/t14?,18-;/m0./s1. The van der Waals surface area contributed by atoms with Crippen LogP contribution in [-0.4, -0.2) is 73.9 Å². The second-order valence-electron chi connectivity index (χ2n) is 8.40. The van der Waals surface area contributed by atoms with Crippen molar-refractivity contribution in [2.75, 3.05) is 29.9 Å². The van der Waals surface area contributed by atoms with Crippen molar-refractivity contribution in [2.45, 2.75) is 31.4 Å². The van der Waals surface area contributed by atoms with Gasteiger partial charge in [0, 0.05) is 31.4 Å². The first-order valence-corrected chi connectivity index (χ1v) is 12.4. The molecule has 4 N–H and O–H groups in total. The Kier molecular flexibility index (Phi) is 7.35. The molecule has 2 amide bonds. The molecule has 0 bridgehead atoms. The maximum absolute atomic E-state index is 14.4. The molecule has 12 nitrogen and oxygen atoms in total. The number of anilines is 2. The van der Waals surface area contributed by atoms with Crippen LogP contribution in [0.5, 0.6) is 0 Å². The van der Waals surface area contributed by atoms with E-state index in [0.717, 1.165) is 18.6 Å². The highest BCUT2D eigenvalue weighted by atomic mass is 32.3. The second kappa shape index (κ2) is 10.3. The van der Waals surface area contributed by atoms with Crippen LogP contribution in [0.2, 0.25) is 0 Å². The normalized spacial score (nSPS) is 19.9. The zero-order valence-electron chi connectivity index (χ0n) is 18.8. The highest BCUT2D eigenvalue weighted by molar-refractivity contribution is 7.79. The van der Waals surface area contributed by atoms with Crippen molar-refractivity contribution >= 4 is 33.6 Å². The third-order valence-corrected chi connectivity index (χ3v) is 5.91. The van der Waals surface area contributed by atoms with E-state index in [4.69, 9.17) is 17.5 Å². The van der Waals surface area contributed by atoms with E-state index in [9.17, 15) is 18.7 Å². The lowest BCUT2D eigenvalue weighted by molar-refractivity contribution is 0.176. The molecule has 2 aromatic heterocycles. The van der Waals surface area contributed by atoms with Crippen molar-refractivity contribution < 1.29 is 36.2 Å². The summed E-state index contributed by atoms with van der Waals surface area (Å²) in [5.74, 6) is -0.310. The van der Waals surface area contributed by atoms with Crippen molar-refractivity contribution in [1.82, 2.24) is 19.5 Å². The van der Waals surface area contributed by atoms with Gasteiger partial charge in [0.1, 0.15) is 23.1 Å². The minimum Gasteiger partial charge on any atom is -0.391 e. The summed E-state index contributed by atoms with van der Waals surface area (Å²) in [5, 5.41) is 16.7. The average Bonchev–Trinajstić information content (AvgIpc) is 3.54. The highest BCUT2D eigenvalue weighted by Gasteiger charge is 2.30. The SMILES string of the molecule is O=C(Nc1cnn2ccc(N3CCC[C@H]3c3cc(F)ccc3F)nc12)N1CCC(O)C1.O=S(=O)(O)O. The fraction of sp³-hybridized carbons (Fsp3) is 0.381. The lowest BCUT2D eigenvalue weighted by atomic mass is 10.0. The minimum absolute atomic E-state index is 0.290. The molecule has 15 heteroatoms. The Hall–Kier alpha value is -3.40. The van der Waals surface area contributed by atoms with Crippen LogP contribution >= 0.6 is 0 Å². The Morgan fingerprint density at radius 1 is 1.14 bits per heavy atom. The number of hydrogen-bond acceptors (Lipinski definition) is 7. The number of halogens is 2. The topological polar surface area (TPSA) is 161 Å². The van der Waals surface area contributed by atoms with Gasteiger partial charge >= 0.3 is 16.4 Å². The van der Waals surface area contributed by atoms with Gasteiger partial charge < -0.3 is 20.2 Å². The van der Waals surface area contributed by atoms with E-state index in [-0.39, 0.29) is 12.1 Å². The summed E-state index contributed by atoms with van der Waals surface area (Å²) in [6.45, 7) is 1.43. The van der Waals surface area contributed by atoms with Crippen LogP contribution in [0.3, 0.4) is 0 Å². The van der Waals surface area contributed by atoms with Gasteiger partial charge in [-0.3, -0.25) is 9.11 Å². The van der Waals surface area contributed by atoms with E-state index in [1.54, 1.807) is 21.7 Å². The molecule has 2 saturated heterocycles. The number of aromatic nitrogens is 3. The molecule has 194 valence electrons. The molecule has 0 spiro atoms. The van der Waals surface area contributed by atoms with Crippen LogP contribution in [0.4, 0.5) is 25.1 Å². The van der Waals surface area contributed by atoms with Gasteiger partial charge in [-0.15, -0.1) is 0 Å². The number of β-amino-alcohol motifs (C(OH)–C–C–N with tert-alkyl or cyclic N) is 1. The number of rotatable bonds is 3. The smallest absolute Gasteiger partial charge is 0.391 e. The summed E-state index contributed by atoms with van der Waals surface area (Å²) >= 11 is 0. The Morgan fingerprint density at radius 3 is 2.58 bits per heavy atom. The highest BCUT2D eigenvalue weighted by Crippen LogP contribution is 2.37. The molecule has 2 atom stereocenters. The minimum atomic E-state index is -4.67. The van der Waals surface area contributed by atoms with Gasteiger partial charge in [0.15, 0.2) is 5.65 Å². The zero-order chi connectivity index (χ0) is 26.0. The summed E-state index contributed by atoms with van der Waals surface area (Å²) in [4.78, 5) is 20.7. The molecule has 0 saturated carbocycles. The van der Waals surface area contributed by atoms with E-state index < -0.39 is 28.1 Å². The molecule has 5 rings (SSSR count). The predicted octanol–water partition coefficient (Wildman–Crippen LogP) is 2.29. The van der Waals surface area contributed by atoms with Gasteiger partial charge in [0.05, 0.1) is 18.3 Å². The first-order valence-electron chi connectivity index (χ1n) is 11.0. The molecule has 2 aliphatic rings. The summed E-state index contributed by atoms with van der Waals surface area (Å²) < 4.78 is 61.3. The van der Waals surface area contributed by atoms with Gasteiger partial charge in [-0.2, -0.15) is 13.5 Å². The number of aliphatic hydroxyl groups excluding tert-OH is 1. The first-order chi connectivity index (χ1) is 17.0. The van der Waals surface area contributed by atoms with E-state index >= 15 is 0 Å². The summed E-state index contributed by atoms with van der Waals surface area (Å²) in [6, 6.07) is 4.64. The molecule has 3 aromatic rings. The third kappa shape index (κ3) is 6.04. The molecule has 2 aliphatic heterocycles. The van der Waals surface area contributed by atoms with Crippen LogP contribution in [0.15, 0.2) is 36.7 Å². The second-order valence-corrected chi connectivity index (χ2v) is 9.29. The van der Waals surface area contributed by atoms with Gasteiger partial charge in [0.2, 0.25) is 0 Å². The Bertz CT molecular complexity index is 1360. The number of carbonyl (C=O) groups excluding carboxylic acids is 1. The number of nitrogens with zero attached hydrogens (tertiary/aromatic N) is 5. The van der Waals surface area contributed by atoms with Crippen molar-refractivity contribution in [3.05, 3.63) is 53.9 Å². The number of aliphatic hydroxyl groups is 1. The van der Waals surface area contributed by atoms with Crippen LogP contribution in [0.25, 0.3) is 5.65 Å². The van der Waals surface area contributed by atoms with E-state index in [1.165, 1.54) is 12.3 Å². The predicted molar refractivity (Wildman–Crippen MR) is 124 cm³/mol. The fourth-order valence-electron chi connectivity index (χ4n) is 4.36. The molecule has 2 fully saturated rings. The van der Waals surface area contributed by atoms with Crippen LogP contribution in [0, 0.1) is 11.6 Å². The number of amides is 2. The van der Waals surface area contributed by atoms with Crippen LogP contribution in [-0.2, 0) is 10.4 Å². The number of hydrogen-bond donors (Lipinski definition) is 4. The number of carbonyl (C=O) groups is 1. The monoisotopic (exact) mass is 526 g/mol. The summed E-state index contributed by atoms with van der Waals surface area (Å²) in [7, 11) is -4.67. The molecule has 1 unspecified atom stereocenters. The van der Waals surface area contributed by atoms with Crippen LogP contribution in [0.1, 0.15) is 30.9 Å². The number of urea groups is 1. The summed E-state index contributed by atoms with van der Waals surface area (Å²) in [6.07, 6.45) is 4.81. The maximum atomic E-state index is 14.4. The number of nitrogens with one attached hydrogen (secondary N) is 1. The Balaban J connectivity index is 0.000000556. The van der Waals surface area contributed by atoms with Gasteiger partial charge in [-0.1, -0.05) is 0 Å². The van der Waals surface area contributed by atoms with Crippen molar-refractivity contribution in [1.29, 1.82) is 0 Å².